The Bertz CT molecular complexity index is 290. The molecule has 0 aromatic rings. The first-order valence-electron chi connectivity index (χ1n) is 6.22. The zero-order chi connectivity index (χ0) is 12.0. The van der Waals surface area contributed by atoms with Crippen molar-refractivity contribution >= 4 is 10.0 Å². The summed E-state index contributed by atoms with van der Waals surface area (Å²) in [7, 11) is -1.19. The predicted octanol–water partition coefficient (Wildman–Crippen LogP) is 1.19. The molecule has 0 aromatic carbocycles. The van der Waals surface area contributed by atoms with Crippen molar-refractivity contribution in [2.75, 3.05) is 25.9 Å². The lowest BCUT2D eigenvalue weighted by molar-refractivity contribution is 0.341. The maximum Gasteiger partial charge on any atom is 0.214 e. The molecule has 0 saturated carbocycles. The first kappa shape index (κ1) is 13.9. The maximum atomic E-state index is 12.1. The minimum atomic E-state index is -3.03. The fraction of sp³-hybridized carbons (Fsp3) is 1.00. The van der Waals surface area contributed by atoms with Crippen LogP contribution in [-0.4, -0.2) is 44.7 Å². The molecular formula is C11H24N2O2S. The quantitative estimate of drug-likeness (QED) is 0.744. The van der Waals surface area contributed by atoms with Gasteiger partial charge in [0.25, 0.3) is 0 Å². The van der Waals surface area contributed by atoms with Crippen LogP contribution in [0, 0.1) is 0 Å². The third-order valence-corrected chi connectivity index (χ3v) is 5.24. The molecule has 4 nitrogen and oxygen atoms in total. The SMILES string of the molecule is CNCCCS(=O)(=O)N1CCCCCC1C. The second kappa shape index (κ2) is 6.57. The Kier molecular flexibility index (Phi) is 5.72. The molecule has 0 amide bonds. The van der Waals surface area contributed by atoms with Gasteiger partial charge in [-0.25, -0.2) is 8.42 Å². The van der Waals surface area contributed by atoms with Crippen molar-refractivity contribution in [2.45, 2.75) is 45.1 Å². The molecule has 1 heterocycles. The van der Waals surface area contributed by atoms with Gasteiger partial charge in [0.15, 0.2) is 0 Å². The van der Waals surface area contributed by atoms with Crippen molar-refractivity contribution < 1.29 is 8.42 Å². The first-order chi connectivity index (χ1) is 7.58. The van der Waals surface area contributed by atoms with Crippen LogP contribution in [0.1, 0.15) is 39.0 Å². The van der Waals surface area contributed by atoms with Crippen LogP contribution in [0.2, 0.25) is 0 Å². The summed E-state index contributed by atoms with van der Waals surface area (Å²) in [5, 5.41) is 2.98. The minimum Gasteiger partial charge on any atom is -0.320 e. The Morgan fingerprint density at radius 1 is 1.31 bits per heavy atom. The number of rotatable bonds is 5. The molecule has 5 heteroatoms. The fourth-order valence-electron chi connectivity index (χ4n) is 2.21. The Morgan fingerprint density at radius 3 is 2.75 bits per heavy atom. The van der Waals surface area contributed by atoms with E-state index in [1.165, 1.54) is 0 Å². The summed E-state index contributed by atoms with van der Waals surface area (Å²) >= 11 is 0. The molecule has 1 rings (SSSR count). The molecule has 0 bridgehead atoms. The largest absolute Gasteiger partial charge is 0.320 e. The summed E-state index contributed by atoms with van der Waals surface area (Å²) in [6.45, 7) is 3.51. The van der Waals surface area contributed by atoms with Gasteiger partial charge in [-0.2, -0.15) is 4.31 Å². The third kappa shape index (κ3) is 4.03. The van der Waals surface area contributed by atoms with Crippen LogP contribution in [0.25, 0.3) is 0 Å². The van der Waals surface area contributed by atoms with E-state index in [1.54, 1.807) is 4.31 Å². The predicted molar refractivity (Wildman–Crippen MR) is 67.0 cm³/mol. The lowest BCUT2D eigenvalue weighted by atomic mass is 10.1. The number of sulfonamides is 1. The molecule has 16 heavy (non-hydrogen) atoms. The zero-order valence-electron chi connectivity index (χ0n) is 10.4. The van der Waals surface area contributed by atoms with Crippen LogP contribution in [0.3, 0.4) is 0 Å². The molecule has 0 radical (unpaired) electrons. The zero-order valence-corrected chi connectivity index (χ0v) is 11.2. The molecule has 1 aliphatic rings. The highest BCUT2D eigenvalue weighted by molar-refractivity contribution is 7.89. The first-order valence-corrected chi connectivity index (χ1v) is 7.83. The summed E-state index contributed by atoms with van der Waals surface area (Å²) in [5.41, 5.74) is 0. The molecular weight excluding hydrogens is 224 g/mol. The Balaban J connectivity index is 2.57. The average molecular weight is 248 g/mol. The topological polar surface area (TPSA) is 49.4 Å². The van der Waals surface area contributed by atoms with Crippen molar-refractivity contribution in [1.82, 2.24) is 9.62 Å². The normalized spacial score (nSPS) is 24.2. The summed E-state index contributed by atoms with van der Waals surface area (Å²) in [5.74, 6) is 0.276. The molecule has 0 aliphatic carbocycles. The van der Waals surface area contributed by atoms with E-state index in [1.807, 2.05) is 14.0 Å². The highest BCUT2D eigenvalue weighted by Crippen LogP contribution is 2.20. The number of nitrogens with one attached hydrogen (secondary N) is 1. The average Bonchev–Trinajstić information content (AvgIpc) is 2.43. The smallest absolute Gasteiger partial charge is 0.214 e. The van der Waals surface area contributed by atoms with Gasteiger partial charge < -0.3 is 5.32 Å². The Labute approximate surface area is 99.5 Å². The van der Waals surface area contributed by atoms with Gasteiger partial charge in [0.05, 0.1) is 5.75 Å². The summed E-state index contributed by atoms with van der Waals surface area (Å²) in [6.07, 6.45) is 5.03. The van der Waals surface area contributed by atoms with Crippen LogP contribution in [0.15, 0.2) is 0 Å². The number of hydrogen-bond donors (Lipinski definition) is 1. The standard InChI is InChI=1S/C11H24N2O2S/c1-11-7-4-3-5-9-13(11)16(14,15)10-6-8-12-2/h11-12H,3-10H2,1-2H3. The van der Waals surface area contributed by atoms with Gasteiger partial charge in [-0.15, -0.1) is 0 Å². The van der Waals surface area contributed by atoms with Gasteiger partial charge in [0.2, 0.25) is 10.0 Å². The molecule has 96 valence electrons. The van der Waals surface area contributed by atoms with Crippen molar-refractivity contribution in [3.05, 3.63) is 0 Å². The lowest BCUT2D eigenvalue weighted by Crippen LogP contribution is -2.40. The monoisotopic (exact) mass is 248 g/mol. The summed E-state index contributed by atoms with van der Waals surface area (Å²) in [6, 6.07) is 0.182. The van der Waals surface area contributed by atoms with Gasteiger partial charge in [-0.1, -0.05) is 12.8 Å². The van der Waals surface area contributed by atoms with Crippen molar-refractivity contribution in [2.24, 2.45) is 0 Å². The van der Waals surface area contributed by atoms with Crippen LogP contribution >= 0.6 is 0 Å². The molecule has 1 atom stereocenters. The van der Waals surface area contributed by atoms with E-state index in [4.69, 9.17) is 0 Å². The molecule has 1 saturated heterocycles. The molecule has 1 N–H and O–H groups in total. The van der Waals surface area contributed by atoms with E-state index >= 15 is 0 Å². The van der Waals surface area contributed by atoms with Crippen molar-refractivity contribution in [3.63, 3.8) is 0 Å². The summed E-state index contributed by atoms with van der Waals surface area (Å²) in [4.78, 5) is 0. The number of hydrogen-bond acceptors (Lipinski definition) is 3. The van der Waals surface area contributed by atoms with Gasteiger partial charge in [0.1, 0.15) is 0 Å². The van der Waals surface area contributed by atoms with Crippen molar-refractivity contribution in [1.29, 1.82) is 0 Å². The van der Waals surface area contributed by atoms with Crippen LogP contribution in [-0.2, 0) is 10.0 Å². The Morgan fingerprint density at radius 2 is 2.06 bits per heavy atom. The van der Waals surface area contributed by atoms with Gasteiger partial charge in [-0.3, -0.25) is 0 Å². The molecule has 1 aliphatic heterocycles. The lowest BCUT2D eigenvalue weighted by Gasteiger charge is -2.26. The van der Waals surface area contributed by atoms with Gasteiger partial charge in [0, 0.05) is 12.6 Å². The van der Waals surface area contributed by atoms with E-state index < -0.39 is 10.0 Å². The third-order valence-electron chi connectivity index (χ3n) is 3.18. The second-order valence-corrected chi connectivity index (χ2v) is 6.62. The molecule has 1 fully saturated rings. The molecule has 0 spiro atoms. The minimum absolute atomic E-state index is 0.182. The van der Waals surface area contributed by atoms with E-state index in [-0.39, 0.29) is 11.8 Å². The van der Waals surface area contributed by atoms with Crippen LogP contribution < -0.4 is 5.32 Å². The van der Waals surface area contributed by atoms with E-state index in [9.17, 15) is 8.42 Å². The number of nitrogens with zero attached hydrogens (tertiary/aromatic N) is 1. The van der Waals surface area contributed by atoms with E-state index in [0.29, 0.717) is 13.0 Å². The van der Waals surface area contributed by atoms with Crippen LogP contribution in [0.4, 0.5) is 0 Å². The highest BCUT2D eigenvalue weighted by atomic mass is 32.2. The van der Waals surface area contributed by atoms with E-state index in [0.717, 1.165) is 32.2 Å². The van der Waals surface area contributed by atoms with Gasteiger partial charge >= 0.3 is 0 Å². The molecule has 0 aromatic heterocycles. The van der Waals surface area contributed by atoms with Crippen molar-refractivity contribution in [3.8, 4) is 0 Å². The Hall–Kier alpha value is -0.130. The maximum absolute atomic E-state index is 12.1. The highest BCUT2D eigenvalue weighted by Gasteiger charge is 2.27. The molecule has 1 unspecified atom stereocenters. The fourth-order valence-corrected chi connectivity index (χ4v) is 4.02. The van der Waals surface area contributed by atoms with Crippen LogP contribution in [0.5, 0.6) is 0 Å². The van der Waals surface area contributed by atoms with E-state index in [2.05, 4.69) is 5.32 Å². The summed E-state index contributed by atoms with van der Waals surface area (Å²) < 4.78 is 26.0. The second-order valence-electron chi connectivity index (χ2n) is 4.58. The van der Waals surface area contributed by atoms with Gasteiger partial charge in [-0.05, 0) is 39.8 Å².